The Morgan fingerprint density at radius 2 is 1.39 bits per heavy atom. The molecular formula is C31H43NO4. The van der Waals surface area contributed by atoms with Crippen LogP contribution in [-0.4, -0.2) is 37.8 Å². The first-order valence-corrected chi connectivity index (χ1v) is 14.0. The maximum absolute atomic E-state index is 6.69. The monoisotopic (exact) mass is 493 g/mol. The molecule has 2 aromatic rings. The Bertz CT molecular complexity index is 905. The third-order valence-corrected chi connectivity index (χ3v) is 8.69. The lowest BCUT2D eigenvalue weighted by molar-refractivity contribution is -0.282. The number of hydrogen-bond donors (Lipinski definition) is 1. The Kier molecular flexibility index (Phi) is 9.10. The standard InChI is InChI=1S/C31H43NO4/c1-33-31-27(32)29(34-20-24-9-4-2-5-10-24)30(35-21-25-11-6-3-7-12-25)28(36-31)26-18-17-23(19-26)16-15-22-13-8-14-22/h2-7,9-12,22-23,26-31H,8,13-21,32H2,1H3/t23?,26?,27-,28+,29+,30-,31?/m0/s1. The van der Waals surface area contributed by atoms with Gasteiger partial charge in [-0.25, -0.2) is 0 Å². The zero-order chi connectivity index (χ0) is 24.7. The van der Waals surface area contributed by atoms with Crippen molar-refractivity contribution in [1.82, 2.24) is 0 Å². The van der Waals surface area contributed by atoms with Crippen LogP contribution >= 0.6 is 0 Å². The van der Waals surface area contributed by atoms with E-state index in [0.29, 0.717) is 19.1 Å². The molecule has 5 rings (SSSR count). The highest BCUT2D eigenvalue weighted by molar-refractivity contribution is 5.15. The SMILES string of the molecule is COC1O[C@H](C2CCC(CCC3CCC3)C2)[C@H](OCc2ccccc2)[C@H](OCc2ccccc2)[C@@H]1N. The molecule has 7 atom stereocenters. The normalized spacial score (nSPS) is 32.9. The first-order chi connectivity index (χ1) is 17.7. The number of hydrogen-bond acceptors (Lipinski definition) is 5. The lowest BCUT2D eigenvalue weighted by Crippen LogP contribution is -2.64. The second-order valence-corrected chi connectivity index (χ2v) is 11.1. The van der Waals surface area contributed by atoms with Crippen LogP contribution in [0.2, 0.25) is 0 Å². The molecule has 1 heterocycles. The van der Waals surface area contributed by atoms with Gasteiger partial charge in [-0.1, -0.05) is 99.2 Å². The molecule has 0 bridgehead atoms. The summed E-state index contributed by atoms with van der Waals surface area (Å²) in [5.74, 6) is 2.20. The predicted octanol–water partition coefficient (Wildman–Crippen LogP) is 5.85. The van der Waals surface area contributed by atoms with Gasteiger partial charge in [0.25, 0.3) is 0 Å². The van der Waals surface area contributed by atoms with Crippen molar-refractivity contribution in [2.45, 2.75) is 95.2 Å². The fourth-order valence-corrected chi connectivity index (χ4v) is 6.33. The van der Waals surface area contributed by atoms with Gasteiger partial charge in [0.2, 0.25) is 0 Å². The zero-order valence-electron chi connectivity index (χ0n) is 21.7. The Hall–Kier alpha value is -1.76. The van der Waals surface area contributed by atoms with Gasteiger partial charge >= 0.3 is 0 Å². The van der Waals surface area contributed by atoms with Crippen LogP contribution in [0.15, 0.2) is 60.7 Å². The van der Waals surface area contributed by atoms with Crippen molar-refractivity contribution >= 4 is 0 Å². The van der Waals surface area contributed by atoms with Gasteiger partial charge in [0.15, 0.2) is 6.29 Å². The van der Waals surface area contributed by atoms with Crippen LogP contribution in [0.3, 0.4) is 0 Å². The van der Waals surface area contributed by atoms with Gasteiger partial charge in [-0.3, -0.25) is 0 Å². The number of methoxy groups -OCH3 is 1. The number of nitrogens with two attached hydrogens (primary N) is 1. The molecule has 3 fully saturated rings. The molecular weight excluding hydrogens is 450 g/mol. The van der Waals surface area contributed by atoms with Crippen LogP contribution in [-0.2, 0) is 32.2 Å². The van der Waals surface area contributed by atoms with Crippen molar-refractivity contribution in [3.63, 3.8) is 0 Å². The first kappa shape index (κ1) is 25.9. The topological polar surface area (TPSA) is 62.9 Å². The van der Waals surface area contributed by atoms with E-state index in [0.717, 1.165) is 23.0 Å². The molecule has 196 valence electrons. The van der Waals surface area contributed by atoms with Crippen LogP contribution < -0.4 is 5.73 Å². The maximum atomic E-state index is 6.69. The summed E-state index contributed by atoms with van der Waals surface area (Å²) in [6, 6.07) is 20.2. The fraction of sp³-hybridized carbons (Fsp3) is 0.613. The van der Waals surface area contributed by atoms with Crippen LogP contribution in [0.5, 0.6) is 0 Å². The van der Waals surface area contributed by atoms with Crippen molar-refractivity contribution in [3.05, 3.63) is 71.8 Å². The summed E-state index contributed by atoms with van der Waals surface area (Å²) in [6.07, 6.45) is 9.54. The van der Waals surface area contributed by atoms with Crippen molar-refractivity contribution in [1.29, 1.82) is 0 Å². The fourth-order valence-electron chi connectivity index (χ4n) is 6.33. The van der Waals surface area contributed by atoms with Crippen LogP contribution in [0.4, 0.5) is 0 Å². The van der Waals surface area contributed by atoms with E-state index in [-0.39, 0.29) is 18.3 Å². The molecule has 0 radical (unpaired) electrons. The minimum atomic E-state index is -0.499. The third-order valence-electron chi connectivity index (χ3n) is 8.69. The van der Waals surface area contributed by atoms with E-state index in [1.54, 1.807) is 7.11 Å². The van der Waals surface area contributed by atoms with Gasteiger partial charge in [0.1, 0.15) is 12.2 Å². The van der Waals surface area contributed by atoms with E-state index < -0.39 is 12.3 Å². The Labute approximate surface area is 216 Å². The average molecular weight is 494 g/mol. The summed E-state index contributed by atoms with van der Waals surface area (Å²) in [5, 5.41) is 0. The van der Waals surface area contributed by atoms with Crippen molar-refractivity contribution in [3.8, 4) is 0 Å². The average Bonchev–Trinajstić information content (AvgIpc) is 3.36. The minimum Gasteiger partial charge on any atom is -0.369 e. The Balaban J connectivity index is 1.31. The molecule has 0 amide bonds. The zero-order valence-corrected chi connectivity index (χ0v) is 21.7. The Morgan fingerprint density at radius 1 is 0.778 bits per heavy atom. The number of ether oxygens (including phenoxy) is 4. The quantitative estimate of drug-likeness (QED) is 0.425. The lowest BCUT2D eigenvalue weighted by Gasteiger charge is -2.46. The van der Waals surface area contributed by atoms with Crippen molar-refractivity contribution in [2.75, 3.05) is 7.11 Å². The summed E-state index contributed by atoms with van der Waals surface area (Å²) in [6.45, 7) is 1.00. The molecule has 36 heavy (non-hydrogen) atoms. The predicted molar refractivity (Wildman–Crippen MR) is 141 cm³/mol. The second kappa shape index (κ2) is 12.7. The number of rotatable bonds is 11. The Morgan fingerprint density at radius 3 is 1.97 bits per heavy atom. The van der Waals surface area contributed by atoms with E-state index in [4.69, 9.17) is 24.7 Å². The molecule has 3 unspecified atom stereocenters. The second-order valence-electron chi connectivity index (χ2n) is 11.1. The van der Waals surface area contributed by atoms with Gasteiger partial charge in [0, 0.05) is 7.11 Å². The van der Waals surface area contributed by atoms with Gasteiger partial charge in [-0.2, -0.15) is 0 Å². The van der Waals surface area contributed by atoms with Crippen LogP contribution in [0.1, 0.15) is 62.5 Å². The van der Waals surface area contributed by atoms with Gasteiger partial charge in [0.05, 0.1) is 25.4 Å². The highest BCUT2D eigenvalue weighted by Gasteiger charge is 2.50. The van der Waals surface area contributed by atoms with Gasteiger partial charge in [-0.05, 0) is 41.7 Å². The molecule has 0 spiro atoms. The molecule has 5 heteroatoms. The van der Waals surface area contributed by atoms with Crippen molar-refractivity contribution in [2.24, 2.45) is 23.5 Å². The highest BCUT2D eigenvalue weighted by atomic mass is 16.7. The minimum absolute atomic E-state index is 0.0899. The highest BCUT2D eigenvalue weighted by Crippen LogP contribution is 2.43. The van der Waals surface area contributed by atoms with E-state index in [1.807, 2.05) is 36.4 Å². The van der Waals surface area contributed by atoms with Crippen LogP contribution in [0.25, 0.3) is 0 Å². The van der Waals surface area contributed by atoms with Crippen molar-refractivity contribution < 1.29 is 18.9 Å². The summed E-state index contributed by atoms with van der Waals surface area (Å²) < 4.78 is 25.5. The van der Waals surface area contributed by atoms with Gasteiger partial charge in [-0.15, -0.1) is 0 Å². The third kappa shape index (κ3) is 6.38. The summed E-state index contributed by atoms with van der Waals surface area (Å²) in [5.41, 5.74) is 8.96. The van der Waals surface area contributed by atoms with Gasteiger partial charge < -0.3 is 24.7 Å². The lowest BCUT2D eigenvalue weighted by atomic mass is 9.80. The van der Waals surface area contributed by atoms with E-state index in [2.05, 4.69) is 24.3 Å². The molecule has 1 saturated heterocycles. The molecule has 0 aromatic heterocycles. The molecule has 2 aliphatic carbocycles. The van der Waals surface area contributed by atoms with E-state index >= 15 is 0 Å². The first-order valence-electron chi connectivity index (χ1n) is 14.0. The van der Waals surface area contributed by atoms with E-state index in [1.165, 1.54) is 51.4 Å². The number of benzene rings is 2. The smallest absolute Gasteiger partial charge is 0.175 e. The molecule has 3 aliphatic rings. The van der Waals surface area contributed by atoms with Crippen LogP contribution in [0, 0.1) is 17.8 Å². The summed E-state index contributed by atoms with van der Waals surface area (Å²) in [4.78, 5) is 0. The molecule has 5 nitrogen and oxygen atoms in total. The molecule has 2 saturated carbocycles. The van der Waals surface area contributed by atoms with E-state index in [9.17, 15) is 0 Å². The molecule has 2 aromatic carbocycles. The summed E-state index contributed by atoms with van der Waals surface area (Å²) in [7, 11) is 1.68. The molecule has 2 N–H and O–H groups in total. The summed E-state index contributed by atoms with van der Waals surface area (Å²) >= 11 is 0. The maximum Gasteiger partial charge on any atom is 0.175 e. The largest absolute Gasteiger partial charge is 0.369 e. The molecule has 1 aliphatic heterocycles.